The highest BCUT2D eigenvalue weighted by molar-refractivity contribution is 6.18. The lowest BCUT2D eigenvalue weighted by Crippen LogP contribution is -2.02. The Balaban J connectivity index is 2.34. The lowest BCUT2D eigenvalue weighted by molar-refractivity contribution is 0.416. The van der Waals surface area contributed by atoms with Gasteiger partial charge < -0.3 is 19.0 Å². The predicted octanol–water partition coefficient (Wildman–Crippen LogP) is 4.13. The van der Waals surface area contributed by atoms with E-state index in [0.29, 0.717) is 44.0 Å². The maximum atomic E-state index is 12.6. The van der Waals surface area contributed by atoms with Crippen molar-refractivity contribution in [3.8, 4) is 17.2 Å². The van der Waals surface area contributed by atoms with Crippen molar-refractivity contribution in [2.24, 2.45) is 0 Å². The Hall–Kier alpha value is -3.21. The number of rotatable bonds is 2. The minimum atomic E-state index is -0.445. The van der Waals surface area contributed by atoms with E-state index in [2.05, 4.69) is 0 Å². The summed E-state index contributed by atoms with van der Waals surface area (Å²) < 4.78 is 16.4. The van der Waals surface area contributed by atoms with Crippen molar-refractivity contribution < 1.29 is 19.0 Å². The molecule has 0 fully saturated rings. The molecule has 0 unspecified atom stereocenters. The first-order chi connectivity index (χ1) is 12.0. The molecule has 0 bridgehead atoms. The van der Waals surface area contributed by atoms with E-state index in [9.17, 15) is 9.90 Å². The number of aryl methyl sites for hydroxylation is 1. The molecular formula is C20H16O5. The summed E-state index contributed by atoms with van der Waals surface area (Å²) >= 11 is 0. The Labute approximate surface area is 143 Å². The van der Waals surface area contributed by atoms with E-state index in [1.165, 1.54) is 7.11 Å². The molecule has 4 aromatic rings. The maximum absolute atomic E-state index is 12.6. The van der Waals surface area contributed by atoms with Crippen LogP contribution in [0.3, 0.4) is 0 Å². The lowest BCUT2D eigenvalue weighted by atomic mass is 9.99. The quantitative estimate of drug-likeness (QED) is 0.440. The Morgan fingerprint density at radius 3 is 2.40 bits per heavy atom. The minimum absolute atomic E-state index is 0.0535. The van der Waals surface area contributed by atoms with Crippen molar-refractivity contribution in [1.82, 2.24) is 0 Å². The molecule has 0 radical (unpaired) electrons. The summed E-state index contributed by atoms with van der Waals surface area (Å²) in [7, 11) is 3.08. The third-order valence-corrected chi connectivity index (χ3v) is 4.42. The summed E-state index contributed by atoms with van der Waals surface area (Å²) in [6.07, 6.45) is 0. The van der Waals surface area contributed by atoms with Gasteiger partial charge in [-0.05, 0) is 36.8 Å². The molecule has 0 amide bonds. The molecule has 0 saturated carbocycles. The van der Waals surface area contributed by atoms with Gasteiger partial charge in [-0.3, -0.25) is 0 Å². The van der Waals surface area contributed by atoms with Gasteiger partial charge >= 0.3 is 5.63 Å². The van der Waals surface area contributed by atoms with Crippen LogP contribution in [0.15, 0.2) is 45.6 Å². The standard InChI is InChI=1S/C20H16O5/c1-10-7-13-17(16(8-10)24-3)12-9-14(21)18-11(19(12)25-20(13)22)5-4-6-15(18)23-2/h4-9,21H,1-3H3. The molecule has 1 aromatic heterocycles. The maximum Gasteiger partial charge on any atom is 0.344 e. The van der Waals surface area contributed by atoms with E-state index >= 15 is 0 Å². The molecule has 0 saturated heterocycles. The number of ether oxygens (including phenoxy) is 2. The van der Waals surface area contributed by atoms with Crippen LogP contribution in [0.4, 0.5) is 0 Å². The first-order valence-corrected chi connectivity index (χ1v) is 7.79. The zero-order valence-electron chi connectivity index (χ0n) is 14.0. The SMILES string of the molecule is COc1cccc2c1c(O)cc1c2oc(=O)c2cc(C)cc(OC)c21. The van der Waals surface area contributed by atoms with Gasteiger partial charge in [0.25, 0.3) is 0 Å². The molecule has 3 aromatic carbocycles. The smallest absolute Gasteiger partial charge is 0.344 e. The Bertz CT molecular complexity index is 1200. The fourth-order valence-electron chi connectivity index (χ4n) is 3.37. The van der Waals surface area contributed by atoms with E-state index in [4.69, 9.17) is 13.9 Å². The van der Waals surface area contributed by atoms with E-state index in [-0.39, 0.29) is 5.75 Å². The van der Waals surface area contributed by atoms with Gasteiger partial charge in [0.2, 0.25) is 0 Å². The number of fused-ring (bicyclic) bond motifs is 5. The van der Waals surface area contributed by atoms with Crippen LogP contribution in [0.2, 0.25) is 0 Å². The van der Waals surface area contributed by atoms with Gasteiger partial charge in [-0.25, -0.2) is 4.79 Å². The number of aromatic hydroxyl groups is 1. The third-order valence-electron chi connectivity index (χ3n) is 4.42. The number of hydrogen-bond acceptors (Lipinski definition) is 5. The first-order valence-electron chi connectivity index (χ1n) is 7.79. The molecule has 5 heteroatoms. The molecule has 5 nitrogen and oxygen atoms in total. The zero-order valence-corrected chi connectivity index (χ0v) is 14.0. The van der Waals surface area contributed by atoms with Gasteiger partial charge in [0.05, 0.1) is 25.0 Å². The van der Waals surface area contributed by atoms with Gasteiger partial charge in [0.1, 0.15) is 22.8 Å². The topological polar surface area (TPSA) is 68.9 Å². The molecule has 0 spiro atoms. The molecule has 126 valence electrons. The van der Waals surface area contributed by atoms with Crippen LogP contribution in [-0.2, 0) is 0 Å². The number of benzene rings is 3. The fraction of sp³-hybridized carbons (Fsp3) is 0.150. The molecule has 0 aliphatic carbocycles. The van der Waals surface area contributed by atoms with E-state index in [0.717, 1.165) is 5.56 Å². The average molecular weight is 336 g/mol. The largest absolute Gasteiger partial charge is 0.507 e. The van der Waals surface area contributed by atoms with E-state index in [1.54, 1.807) is 37.4 Å². The van der Waals surface area contributed by atoms with Crippen molar-refractivity contribution in [3.05, 3.63) is 52.4 Å². The van der Waals surface area contributed by atoms with Crippen LogP contribution in [0.5, 0.6) is 17.2 Å². The fourth-order valence-corrected chi connectivity index (χ4v) is 3.37. The van der Waals surface area contributed by atoms with Crippen LogP contribution in [0, 0.1) is 6.92 Å². The van der Waals surface area contributed by atoms with Gasteiger partial charge in [-0.15, -0.1) is 0 Å². The summed E-state index contributed by atoms with van der Waals surface area (Å²) in [4.78, 5) is 12.6. The summed E-state index contributed by atoms with van der Waals surface area (Å²) in [6, 6.07) is 10.5. The molecule has 1 heterocycles. The monoisotopic (exact) mass is 336 g/mol. The predicted molar refractivity (Wildman–Crippen MR) is 97.0 cm³/mol. The molecule has 4 rings (SSSR count). The van der Waals surface area contributed by atoms with Crippen molar-refractivity contribution in [1.29, 1.82) is 0 Å². The Morgan fingerprint density at radius 1 is 0.920 bits per heavy atom. The number of phenols is 1. The highest BCUT2D eigenvalue weighted by atomic mass is 16.5. The van der Waals surface area contributed by atoms with Crippen LogP contribution in [0.1, 0.15) is 5.56 Å². The molecule has 0 atom stereocenters. The third kappa shape index (κ3) is 2.12. The number of hydrogen-bond donors (Lipinski definition) is 1. The second-order valence-corrected chi connectivity index (χ2v) is 5.93. The molecular weight excluding hydrogens is 320 g/mol. The molecule has 0 aliphatic rings. The molecule has 1 N–H and O–H groups in total. The van der Waals surface area contributed by atoms with Gasteiger partial charge in [-0.2, -0.15) is 0 Å². The van der Waals surface area contributed by atoms with Crippen LogP contribution in [-0.4, -0.2) is 19.3 Å². The Morgan fingerprint density at radius 2 is 1.68 bits per heavy atom. The normalized spacial score (nSPS) is 11.3. The van der Waals surface area contributed by atoms with Gasteiger partial charge in [0, 0.05) is 16.2 Å². The molecule has 0 aliphatic heterocycles. The van der Waals surface area contributed by atoms with Crippen molar-refractivity contribution >= 4 is 32.5 Å². The minimum Gasteiger partial charge on any atom is -0.507 e. The summed E-state index contributed by atoms with van der Waals surface area (Å²) in [5, 5.41) is 13.4. The van der Waals surface area contributed by atoms with Crippen LogP contribution >= 0.6 is 0 Å². The van der Waals surface area contributed by atoms with Crippen molar-refractivity contribution in [2.45, 2.75) is 6.92 Å². The zero-order chi connectivity index (χ0) is 17.7. The number of methoxy groups -OCH3 is 2. The highest BCUT2D eigenvalue weighted by Gasteiger charge is 2.18. The number of phenolic OH excluding ortho intramolecular Hbond substituents is 1. The van der Waals surface area contributed by atoms with E-state index in [1.807, 2.05) is 13.0 Å². The first kappa shape index (κ1) is 15.3. The molecule has 25 heavy (non-hydrogen) atoms. The van der Waals surface area contributed by atoms with Crippen LogP contribution in [0.25, 0.3) is 32.5 Å². The lowest BCUT2D eigenvalue weighted by Gasteiger charge is -2.13. The van der Waals surface area contributed by atoms with Gasteiger partial charge in [0.15, 0.2) is 0 Å². The second kappa shape index (κ2) is 5.41. The highest BCUT2D eigenvalue weighted by Crippen LogP contribution is 2.41. The summed E-state index contributed by atoms with van der Waals surface area (Å²) in [6.45, 7) is 1.88. The summed E-state index contributed by atoms with van der Waals surface area (Å²) in [5.41, 5.74) is 0.841. The van der Waals surface area contributed by atoms with Crippen LogP contribution < -0.4 is 15.1 Å². The Kier molecular flexibility index (Phi) is 3.32. The van der Waals surface area contributed by atoms with E-state index < -0.39 is 5.63 Å². The second-order valence-electron chi connectivity index (χ2n) is 5.93. The van der Waals surface area contributed by atoms with Crippen molar-refractivity contribution in [3.63, 3.8) is 0 Å². The average Bonchev–Trinajstić information content (AvgIpc) is 2.61. The summed E-state index contributed by atoms with van der Waals surface area (Å²) in [5.74, 6) is 1.13. The van der Waals surface area contributed by atoms with Gasteiger partial charge in [-0.1, -0.05) is 12.1 Å². The van der Waals surface area contributed by atoms with Crippen molar-refractivity contribution in [2.75, 3.05) is 14.2 Å².